The Balaban J connectivity index is 1.32. The van der Waals surface area contributed by atoms with Crippen molar-refractivity contribution < 1.29 is 9.59 Å². The summed E-state index contributed by atoms with van der Waals surface area (Å²) in [6.45, 7) is 3.03. The van der Waals surface area contributed by atoms with Gasteiger partial charge in [-0.2, -0.15) is 0 Å². The van der Waals surface area contributed by atoms with Crippen molar-refractivity contribution in [1.82, 2.24) is 24.7 Å². The van der Waals surface area contributed by atoms with Crippen molar-refractivity contribution in [2.75, 3.05) is 32.7 Å². The van der Waals surface area contributed by atoms with Crippen molar-refractivity contribution in [1.29, 1.82) is 0 Å². The summed E-state index contributed by atoms with van der Waals surface area (Å²) >= 11 is 0. The molecule has 2 aromatic rings. The lowest BCUT2D eigenvalue weighted by molar-refractivity contribution is -0.133. The number of carbonyl (C=O) groups is 2. The van der Waals surface area contributed by atoms with Crippen molar-refractivity contribution >= 4 is 22.7 Å². The molecule has 0 bridgehead atoms. The fourth-order valence-corrected chi connectivity index (χ4v) is 3.69. The molecule has 0 spiro atoms. The molecule has 1 aliphatic heterocycles. The normalized spacial score (nSPS) is 17.4. The van der Waals surface area contributed by atoms with E-state index in [9.17, 15) is 19.2 Å². The Labute approximate surface area is 167 Å². The van der Waals surface area contributed by atoms with E-state index in [1.165, 1.54) is 4.57 Å². The Hall–Kier alpha value is -2.94. The van der Waals surface area contributed by atoms with Gasteiger partial charge in [-0.05, 0) is 25.0 Å². The van der Waals surface area contributed by atoms with E-state index in [-0.39, 0.29) is 24.8 Å². The Morgan fingerprint density at radius 1 is 1.07 bits per heavy atom. The second-order valence-corrected chi connectivity index (χ2v) is 7.68. The highest BCUT2D eigenvalue weighted by atomic mass is 16.2. The average Bonchev–Trinajstić information content (AvgIpc) is 3.52. The number of piperazine rings is 1. The van der Waals surface area contributed by atoms with Crippen LogP contribution in [0.15, 0.2) is 33.9 Å². The molecule has 1 saturated carbocycles. The van der Waals surface area contributed by atoms with Gasteiger partial charge in [-0.25, -0.2) is 4.79 Å². The quantitative estimate of drug-likeness (QED) is 0.681. The fourth-order valence-electron chi connectivity index (χ4n) is 3.69. The number of hydrogen-bond donors (Lipinski definition) is 2. The van der Waals surface area contributed by atoms with Crippen molar-refractivity contribution in [3.05, 3.63) is 45.1 Å². The number of rotatable bonds is 6. The van der Waals surface area contributed by atoms with E-state index >= 15 is 0 Å². The first-order valence-electron chi connectivity index (χ1n) is 10.0. The Kier molecular flexibility index (Phi) is 5.48. The lowest BCUT2D eigenvalue weighted by Crippen LogP contribution is -2.51. The first kappa shape index (κ1) is 19.4. The molecule has 1 saturated heterocycles. The minimum absolute atomic E-state index is 0.0331. The lowest BCUT2D eigenvalue weighted by atomic mass is 10.2. The number of para-hydroxylation sites is 1. The molecule has 2 fully saturated rings. The van der Waals surface area contributed by atoms with E-state index in [0.717, 1.165) is 12.8 Å². The molecule has 2 heterocycles. The van der Waals surface area contributed by atoms with Crippen LogP contribution in [0.5, 0.6) is 0 Å². The summed E-state index contributed by atoms with van der Waals surface area (Å²) in [5.74, 6) is 0.0193. The number of carbonyl (C=O) groups excluding carboxylic acids is 2. The molecular formula is C20H25N5O4. The van der Waals surface area contributed by atoms with E-state index in [1.807, 2.05) is 0 Å². The second-order valence-electron chi connectivity index (χ2n) is 7.68. The Morgan fingerprint density at radius 2 is 1.79 bits per heavy atom. The molecule has 0 unspecified atom stereocenters. The van der Waals surface area contributed by atoms with Gasteiger partial charge >= 0.3 is 5.69 Å². The van der Waals surface area contributed by atoms with Crippen LogP contribution in [-0.2, 0) is 16.1 Å². The Bertz CT molecular complexity index is 1030. The van der Waals surface area contributed by atoms with E-state index in [4.69, 9.17) is 0 Å². The van der Waals surface area contributed by atoms with Crippen LogP contribution in [-0.4, -0.2) is 69.9 Å². The molecule has 154 valence electrons. The second kappa shape index (κ2) is 8.20. The van der Waals surface area contributed by atoms with Crippen molar-refractivity contribution in [2.45, 2.75) is 31.8 Å². The number of aromatic amines is 1. The van der Waals surface area contributed by atoms with Gasteiger partial charge in [0.15, 0.2) is 0 Å². The molecule has 2 N–H and O–H groups in total. The van der Waals surface area contributed by atoms with Crippen LogP contribution < -0.4 is 16.6 Å². The standard InChI is InChI=1S/C20H25N5O4/c26-17(21-14-5-6-14)13-23-9-11-24(12-10-23)18(27)7-8-25-16-4-2-1-3-15(16)19(28)22-20(25)29/h1-4,14H,5-13H2,(H,21,26)(H,22,28,29). The molecule has 0 radical (unpaired) electrons. The zero-order valence-electron chi connectivity index (χ0n) is 16.2. The third kappa shape index (κ3) is 4.56. The van der Waals surface area contributed by atoms with Gasteiger partial charge in [0.1, 0.15) is 0 Å². The fraction of sp³-hybridized carbons (Fsp3) is 0.500. The molecule has 0 atom stereocenters. The molecule has 9 heteroatoms. The highest BCUT2D eigenvalue weighted by Crippen LogP contribution is 2.18. The van der Waals surface area contributed by atoms with Crippen LogP contribution in [0.4, 0.5) is 0 Å². The van der Waals surface area contributed by atoms with Crippen LogP contribution in [0, 0.1) is 0 Å². The van der Waals surface area contributed by atoms with Gasteiger partial charge in [0.25, 0.3) is 5.56 Å². The maximum Gasteiger partial charge on any atom is 0.328 e. The zero-order chi connectivity index (χ0) is 20.4. The average molecular weight is 399 g/mol. The minimum atomic E-state index is -0.506. The van der Waals surface area contributed by atoms with Gasteiger partial charge in [0, 0.05) is 45.2 Å². The Morgan fingerprint density at radius 3 is 2.52 bits per heavy atom. The summed E-state index contributed by atoms with van der Waals surface area (Å²) in [6, 6.07) is 7.23. The minimum Gasteiger partial charge on any atom is -0.352 e. The maximum absolute atomic E-state index is 12.6. The summed E-state index contributed by atoms with van der Waals surface area (Å²) in [5.41, 5.74) is -0.399. The first-order valence-corrected chi connectivity index (χ1v) is 10.0. The van der Waals surface area contributed by atoms with Gasteiger partial charge in [0.05, 0.1) is 17.4 Å². The maximum atomic E-state index is 12.6. The van der Waals surface area contributed by atoms with Gasteiger partial charge in [0.2, 0.25) is 11.8 Å². The predicted octanol–water partition coefficient (Wildman–Crippen LogP) is -0.497. The van der Waals surface area contributed by atoms with Crippen molar-refractivity contribution in [3.8, 4) is 0 Å². The van der Waals surface area contributed by atoms with Crippen LogP contribution in [0.25, 0.3) is 10.9 Å². The predicted molar refractivity (Wildman–Crippen MR) is 108 cm³/mol. The molecule has 9 nitrogen and oxygen atoms in total. The molecule has 2 amide bonds. The van der Waals surface area contributed by atoms with E-state index in [1.54, 1.807) is 29.2 Å². The summed E-state index contributed by atoms with van der Waals surface area (Å²) in [4.78, 5) is 54.8. The van der Waals surface area contributed by atoms with Gasteiger partial charge in [-0.1, -0.05) is 12.1 Å². The molecule has 4 rings (SSSR count). The van der Waals surface area contributed by atoms with Crippen LogP contribution >= 0.6 is 0 Å². The highest BCUT2D eigenvalue weighted by molar-refractivity contribution is 5.79. The molecule has 1 aliphatic carbocycles. The van der Waals surface area contributed by atoms with E-state index in [2.05, 4.69) is 15.2 Å². The number of nitrogens with one attached hydrogen (secondary N) is 2. The number of amides is 2. The SMILES string of the molecule is O=C(CN1CCN(C(=O)CCn2c(=O)[nH]c(=O)c3ccccc32)CC1)NC1CC1. The zero-order valence-corrected chi connectivity index (χ0v) is 16.2. The van der Waals surface area contributed by atoms with Crippen molar-refractivity contribution in [3.63, 3.8) is 0 Å². The smallest absolute Gasteiger partial charge is 0.328 e. The van der Waals surface area contributed by atoms with Gasteiger partial charge in [-0.15, -0.1) is 0 Å². The molecule has 29 heavy (non-hydrogen) atoms. The van der Waals surface area contributed by atoms with E-state index in [0.29, 0.717) is 49.7 Å². The molecule has 1 aromatic heterocycles. The summed E-state index contributed by atoms with van der Waals surface area (Å²) < 4.78 is 1.44. The van der Waals surface area contributed by atoms with Crippen LogP contribution in [0.3, 0.4) is 0 Å². The summed E-state index contributed by atoms with van der Waals surface area (Å²) in [6.07, 6.45) is 2.32. The summed E-state index contributed by atoms with van der Waals surface area (Å²) in [7, 11) is 0. The van der Waals surface area contributed by atoms with Crippen molar-refractivity contribution in [2.24, 2.45) is 0 Å². The molecule has 1 aromatic carbocycles. The van der Waals surface area contributed by atoms with Crippen LogP contribution in [0.1, 0.15) is 19.3 Å². The number of aromatic nitrogens is 2. The topological polar surface area (TPSA) is 108 Å². The molecular weight excluding hydrogens is 374 g/mol. The summed E-state index contributed by atoms with van der Waals surface area (Å²) in [5, 5.41) is 3.41. The monoisotopic (exact) mass is 399 g/mol. The number of H-pyrrole nitrogens is 1. The van der Waals surface area contributed by atoms with Crippen LogP contribution in [0.2, 0.25) is 0 Å². The van der Waals surface area contributed by atoms with Gasteiger partial charge < -0.3 is 10.2 Å². The first-order chi connectivity index (χ1) is 14.0. The number of fused-ring (bicyclic) bond motifs is 1. The number of hydrogen-bond acceptors (Lipinski definition) is 5. The third-order valence-corrected chi connectivity index (χ3v) is 5.49. The largest absolute Gasteiger partial charge is 0.352 e. The number of aryl methyl sites for hydroxylation is 1. The highest BCUT2D eigenvalue weighted by Gasteiger charge is 2.26. The number of nitrogens with zero attached hydrogens (tertiary/aromatic N) is 3. The lowest BCUT2D eigenvalue weighted by Gasteiger charge is -2.34. The number of benzene rings is 1. The third-order valence-electron chi connectivity index (χ3n) is 5.49. The van der Waals surface area contributed by atoms with E-state index < -0.39 is 11.2 Å². The molecule has 2 aliphatic rings. The van der Waals surface area contributed by atoms with Gasteiger partial charge in [-0.3, -0.25) is 28.8 Å².